The van der Waals surface area contributed by atoms with Crippen molar-refractivity contribution in [2.24, 2.45) is 0 Å². The Morgan fingerprint density at radius 3 is 0.532 bits per heavy atom. The smallest absolute Gasteiger partial charge is 0.144 e. The first kappa shape index (κ1) is 92.8. The second-order valence-corrected chi connectivity index (χ2v) is 40.3. The summed E-state index contributed by atoms with van der Waals surface area (Å²) in [6.07, 6.45) is 16.3. The number of imidazole rings is 4. The molecule has 0 fully saturated rings. The highest BCUT2D eigenvalue weighted by Gasteiger charge is 2.29. The van der Waals surface area contributed by atoms with Crippen LogP contribution in [-0.2, 0) is 0 Å². The predicted octanol–water partition coefficient (Wildman–Crippen LogP) is 36.0. The lowest BCUT2D eigenvalue weighted by Gasteiger charge is -2.22. The van der Waals surface area contributed by atoms with Gasteiger partial charge in [0.1, 0.15) is 23.3 Å². The molecule has 9 heteroatoms. The van der Waals surface area contributed by atoms with Gasteiger partial charge in [0.25, 0.3) is 0 Å². The number of para-hydroxylation sites is 4. The highest BCUT2D eigenvalue weighted by molar-refractivity contribution is 6.01. The Balaban J connectivity index is 0.769. The minimum Gasteiger partial charge on any atom is -0.399 e. The fourth-order valence-electron chi connectivity index (χ4n) is 21.3. The number of hydrogen-bond acceptors (Lipinski definition) is 5. The third-order valence-corrected chi connectivity index (χ3v) is 28.4. The second-order valence-electron chi connectivity index (χ2n) is 40.3. The van der Waals surface area contributed by atoms with Crippen LogP contribution in [0, 0.1) is 0 Å². The molecule has 20 aromatic rings. The largest absolute Gasteiger partial charge is 0.399 e. The van der Waals surface area contributed by atoms with E-state index in [1.807, 2.05) is 24.8 Å². The molecule has 0 spiro atoms. The molecule has 0 saturated carbocycles. The van der Waals surface area contributed by atoms with Gasteiger partial charge in [0.15, 0.2) is 0 Å². The summed E-state index contributed by atoms with van der Waals surface area (Å²) >= 11 is 0. The number of nitrogens with zero attached hydrogens (tertiary/aromatic N) is 8. The van der Waals surface area contributed by atoms with E-state index in [9.17, 15) is 0 Å². The van der Waals surface area contributed by atoms with Crippen LogP contribution in [0.15, 0.2) is 395 Å². The Kier molecular flexibility index (Phi) is 26.1. The summed E-state index contributed by atoms with van der Waals surface area (Å²) in [5.41, 5.74) is 50.7. The summed E-state index contributed by atoms with van der Waals surface area (Å²) in [6.45, 7) is 36.5. The molecule has 696 valence electrons. The molecule has 4 aromatic heterocycles. The Bertz CT molecular complexity index is 6990. The Morgan fingerprint density at radius 2 is 0.333 bits per heavy atom. The van der Waals surface area contributed by atoms with Crippen LogP contribution in [0.25, 0.3) is 191 Å². The third-order valence-electron chi connectivity index (χ3n) is 28.4. The predicted molar refractivity (Wildman–Crippen MR) is 594 cm³/mol. The van der Waals surface area contributed by atoms with E-state index in [4.69, 9.17) is 25.7 Å². The monoisotopic (exact) mass is 1830 g/mol. The summed E-state index contributed by atoms with van der Waals surface area (Å²) in [5, 5.41) is 0. The summed E-state index contributed by atoms with van der Waals surface area (Å²) in [5.74, 6) is 6.11. The van der Waals surface area contributed by atoms with Crippen LogP contribution >= 0.6 is 0 Å². The summed E-state index contributed by atoms with van der Waals surface area (Å²) in [7, 11) is 0. The molecule has 0 unspecified atom stereocenters. The fraction of sp³-hybridized carbons (Fsp3) is 0.182. The summed E-state index contributed by atoms with van der Waals surface area (Å²) in [6, 6.07) is 129. The molecule has 0 aliphatic rings. The van der Waals surface area contributed by atoms with Gasteiger partial charge in [0.05, 0.1) is 22.7 Å². The number of anilines is 1. The summed E-state index contributed by atoms with van der Waals surface area (Å²) < 4.78 is 9.24. The van der Waals surface area contributed by atoms with E-state index < -0.39 is 0 Å². The number of hydrogen-bond donors (Lipinski definition) is 1. The average Bonchev–Trinajstić information content (AvgIpc) is 0.901. The van der Waals surface area contributed by atoms with Crippen LogP contribution < -0.4 is 5.73 Å². The average molecular weight is 1840 g/mol. The van der Waals surface area contributed by atoms with Crippen molar-refractivity contribution in [1.82, 2.24) is 38.2 Å². The van der Waals surface area contributed by atoms with Crippen molar-refractivity contribution in [2.75, 3.05) is 5.73 Å². The molecule has 2 N–H and O–H groups in total. The quantitative estimate of drug-likeness (QED) is 0.0517. The summed E-state index contributed by atoms with van der Waals surface area (Å²) in [4.78, 5) is 20.5. The van der Waals surface area contributed by atoms with Crippen LogP contribution in [0.1, 0.15) is 203 Å². The molecule has 20 rings (SSSR count). The Hall–Kier alpha value is -15.8. The van der Waals surface area contributed by atoms with Gasteiger partial charge >= 0.3 is 0 Å². The van der Waals surface area contributed by atoms with E-state index in [1.165, 1.54) is 67.3 Å². The molecule has 0 amide bonds. The molecule has 9 nitrogen and oxygen atoms in total. The zero-order valence-electron chi connectivity index (χ0n) is 83.8. The maximum Gasteiger partial charge on any atom is 0.144 e. The Labute approximate surface area is 832 Å². The minimum atomic E-state index is 0.311. The van der Waals surface area contributed by atoms with Gasteiger partial charge in [0, 0.05) is 77.5 Å². The second kappa shape index (κ2) is 39.6. The molecular weight excluding hydrogens is 1710 g/mol. The van der Waals surface area contributed by atoms with E-state index in [1.54, 1.807) is 0 Å². The van der Waals surface area contributed by atoms with E-state index in [0.29, 0.717) is 53.0 Å². The van der Waals surface area contributed by atoms with Crippen molar-refractivity contribution < 1.29 is 0 Å². The highest BCUT2D eigenvalue weighted by atomic mass is 15.1. The highest BCUT2D eigenvalue weighted by Crippen LogP contribution is 2.51. The SMILES string of the molecule is CC(C)c1cccc(C(C)C)c1-n1ccnc1-c1ccc(-c2ccccc2-c2cc(-c3ccccc3-c3ccc(-c4nccn4-c4c(C(C)C)cccc4C(C)C)cc3)cc(-c3cccc(-c4cc(-c5ccccc5-c5ccc(-c6nccn6-c6c(C(C)C)cccc6C(C)C)cc5)cc(-c5ccccc5-c5ccc(-c6nccn6-c6c(C(C)C)cccc6C(C)C)cc5)c4)c3-c3ccc(N)cc3)c2)cc1. The lowest BCUT2D eigenvalue weighted by Crippen LogP contribution is -2.07. The maximum absolute atomic E-state index is 6.85. The van der Waals surface area contributed by atoms with Crippen LogP contribution in [0.4, 0.5) is 5.69 Å². The van der Waals surface area contributed by atoms with Crippen molar-refractivity contribution in [3.05, 3.63) is 440 Å². The van der Waals surface area contributed by atoms with Crippen molar-refractivity contribution in [1.29, 1.82) is 0 Å². The number of nitrogens with two attached hydrogens (primary N) is 1. The molecule has 0 aliphatic heterocycles. The zero-order chi connectivity index (χ0) is 97.5. The molecule has 4 heterocycles. The van der Waals surface area contributed by atoms with E-state index in [2.05, 4.69) is 500 Å². The van der Waals surface area contributed by atoms with Gasteiger partial charge in [-0.25, -0.2) is 19.9 Å². The Morgan fingerprint density at radius 1 is 0.170 bits per heavy atom. The van der Waals surface area contributed by atoms with Crippen molar-refractivity contribution in [2.45, 2.75) is 158 Å². The molecule has 16 aromatic carbocycles. The topological polar surface area (TPSA) is 97.3 Å². The number of nitrogen functional groups attached to an aromatic ring is 1. The number of aromatic nitrogens is 8. The van der Waals surface area contributed by atoms with Crippen molar-refractivity contribution >= 4 is 5.69 Å². The standard InChI is InChI=1S/C132H123N9/c1-82(2)106-38-25-39-107(83(3)4)125(106)138-72-68-134-129(138)95-56-48-90(49-57-95)114-30-17-21-34-118(114)99-76-100(119-35-22-18-31-115(119)91-50-58-96(59-51-91)130-135-69-73-139(130)126-108(84(5)6)40-26-41-109(126)85(7)8)79-103(78-99)122-46-29-47-123(124(122)94-64-66-105(133)67-65-94)104-80-101(120-36-23-19-32-116(120)92-52-60-97(61-53-92)131-136-70-74-140(131)127-110(86(9)10)42-27-43-111(127)87(11)12)77-102(81-104)121-37-24-20-33-117(121)93-54-62-98(63-55-93)132-137-71-75-141(132)128-112(88(13)14)44-28-45-113(128)89(15)16/h17-89H,133H2,1-16H3. The number of benzene rings is 16. The van der Waals surface area contributed by atoms with Gasteiger partial charge in [0.2, 0.25) is 0 Å². The van der Waals surface area contributed by atoms with Gasteiger partial charge in [-0.05, 0) is 263 Å². The molecule has 0 radical (unpaired) electrons. The van der Waals surface area contributed by atoms with Gasteiger partial charge in [-0.15, -0.1) is 0 Å². The van der Waals surface area contributed by atoms with Crippen LogP contribution in [0.5, 0.6) is 0 Å². The first-order chi connectivity index (χ1) is 68.5. The molecule has 141 heavy (non-hydrogen) atoms. The van der Waals surface area contributed by atoms with Crippen LogP contribution in [-0.4, -0.2) is 38.2 Å². The number of rotatable bonds is 27. The zero-order valence-corrected chi connectivity index (χ0v) is 83.8. The van der Waals surface area contributed by atoms with Gasteiger partial charge in [-0.3, -0.25) is 18.3 Å². The van der Waals surface area contributed by atoms with Crippen molar-refractivity contribution in [3.8, 4) is 191 Å². The molecular formula is C132H123N9. The van der Waals surface area contributed by atoms with Gasteiger partial charge < -0.3 is 5.73 Å². The van der Waals surface area contributed by atoms with Gasteiger partial charge in [-0.2, -0.15) is 0 Å². The molecule has 0 bridgehead atoms. The molecule has 0 saturated heterocycles. The van der Waals surface area contributed by atoms with Crippen LogP contribution in [0.2, 0.25) is 0 Å². The first-order valence-corrected chi connectivity index (χ1v) is 50.3. The molecule has 0 atom stereocenters. The maximum atomic E-state index is 6.85. The van der Waals surface area contributed by atoms with E-state index >= 15 is 0 Å². The fourth-order valence-corrected chi connectivity index (χ4v) is 21.3. The van der Waals surface area contributed by atoms with Gasteiger partial charge in [-0.1, -0.05) is 408 Å². The lowest BCUT2D eigenvalue weighted by atomic mass is 9.82. The van der Waals surface area contributed by atoms with Crippen molar-refractivity contribution in [3.63, 3.8) is 0 Å². The minimum absolute atomic E-state index is 0.311. The van der Waals surface area contributed by atoms with E-state index in [0.717, 1.165) is 168 Å². The normalized spacial score (nSPS) is 11.8. The van der Waals surface area contributed by atoms with Crippen LogP contribution in [0.3, 0.4) is 0 Å². The first-order valence-electron chi connectivity index (χ1n) is 50.3. The van der Waals surface area contributed by atoms with E-state index in [-0.39, 0.29) is 0 Å². The molecule has 0 aliphatic carbocycles. The third kappa shape index (κ3) is 18.1. The lowest BCUT2D eigenvalue weighted by molar-refractivity contribution is 0.806.